The van der Waals surface area contributed by atoms with Gasteiger partial charge in [0.05, 0.1) is 12.2 Å². The van der Waals surface area contributed by atoms with Gasteiger partial charge in [-0.25, -0.2) is 4.79 Å². The number of nitrogens with zero attached hydrogens (tertiary/aromatic N) is 1. The molecule has 112 valence electrons. The second-order valence-corrected chi connectivity index (χ2v) is 4.71. The van der Waals surface area contributed by atoms with Crippen molar-refractivity contribution in [2.75, 3.05) is 6.54 Å². The summed E-state index contributed by atoms with van der Waals surface area (Å²) in [5.74, 6) is -0.754. The average Bonchev–Trinajstić information content (AvgIpc) is 2.91. The first-order valence-corrected chi connectivity index (χ1v) is 6.84. The molecule has 0 saturated heterocycles. The van der Waals surface area contributed by atoms with Gasteiger partial charge in [0.1, 0.15) is 0 Å². The maximum Gasteiger partial charge on any atom is 0.315 e. The normalized spacial score (nSPS) is 11.8. The number of aliphatic carboxylic acids is 1. The van der Waals surface area contributed by atoms with E-state index in [-0.39, 0.29) is 18.5 Å². The molecule has 0 saturated carbocycles. The number of carboxylic acid groups (broad SMARTS) is 1. The molecule has 0 aliphatic carbocycles. The number of urea groups is 1. The Morgan fingerprint density at radius 2 is 2.10 bits per heavy atom. The van der Waals surface area contributed by atoms with E-state index in [1.165, 1.54) is 0 Å². The Morgan fingerprint density at radius 3 is 2.75 bits per heavy atom. The Morgan fingerprint density at radius 1 is 1.35 bits per heavy atom. The van der Waals surface area contributed by atoms with Crippen LogP contribution in [-0.4, -0.2) is 33.8 Å². The van der Waals surface area contributed by atoms with Gasteiger partial charge in [0, 0.05) is 24.7 Å². The van der Waals surface area contributed by atoms with Gasteiger partial charge in [-0.1, -0.05) is 12.8 Å². The lowest BCUT2D eigenvalue weighted by molar-refractivity contribution is -0.137. The lowest BCUT2D eigenvalue weighted by Crippen LogP contribution is -2.37. The van der Waals surface area contributed by atoms with Gasteiger partial charge in [-0.3, -0.25) is 9.89 Å². The number of unbranched alkanes of at least 4 members (excludes halogenated alkanes) is 3. The third kappa shape index (κ3) is 6.77. The van der Waals surface area contributed by atoms with Crippen LogP contribution in [0.25, 0.3) is 0 Å². The molecule has 0 bridgehead atoms. The third-order valence-electron chi connectivity index (χ3n) is 2.97. The first-order valence-electron chi connectivity index (χ1n) is 6.84. The monoisotopic (exact) mass is 282 g/mol. The molecule has 2 amide bonds. The summed E-state index contributed by atoms with van der Waals surface area (Å²) in [6, 6.07) is -0.298. The van der Waals surface area contributed by atoms with Gasteiger partial charge < -0.3 is 15.7 Å². The van der Waals surface area contributed by atoms with Crippen molar-refractivity contribution >= 4 is 12.0 Å². The van der Waals surface area contributed by atoms with Crippen LogP contribution in [-0.2, 0) is 4.79 Å². The fraction of sp³-hybridized carbons (Fsp3) is 0.615. The predicted octanol–water partition coefficient (Wildman–Crippen LogP) is 1.80. The second-order valence-electron chi connectivity index (χ2n) is 4.71. The number of carboxylic acids is 1. The minimum absolute atomic E-state index is 0.0932. The lowest BCUT2D eigenvalue weighted by Gasteiger charge is -2.12. The van der Waals surface area contributed by atoms with E-state index in [9.17, 15) is 9.59 Å². The standard InChI is InChI=1S/C13H22N4O3/c1-10(11-8-15-16-9-11)17-13(20)14-7-5-3-2-4-6-12(18)19/h8-10H,2-7H2,1H3,(H,15,16)(H,18,19)(H2,14,17,20). The molecule has 20 heavy (non-hydrogen) atoms. The summed E-state index contributed by atoms with van der Waals surface area (Å²) in [5, 5.41) is 20.6. The molecular formula is C13H22N4O3. The number of aromatic amines is 1. The number of hydrogen-bond acceptors (Lipinski definition) is 3. The van der Waals surface area contributed by atoms with E-state index in [0.717, 1.165) is 24.8 Å². The highest BCUT2D eigenvalue weighted by molar-refractivity contribution is 5.74. The fourth-order valence-electron chi connectivity index (χ4n) is 1.79. The molecule has 7 heteroatoms. The topological polar surface area (TPSA) is 107 Å². The van der Waals surface area contributed by atoms with Crippen LogP contribution in [0.15, 0.2) is 12.4 Å². The smallest absolute Gasteiger partial charge is 0.315 e. The number of hydrogen-bond donors (Lipinski definition) is 4. The molecule has 0 aliphatic rings. The third-order valence-corrected chi connectivity index (χ3v) is 2.97. The molecule has 1 aromatic rings. The fourth-order valence-corrected chi connectivity index (χ4v) is 1.79. The molecular weight excluding hydrogens is 260 g/mol. The Bertz CT molecular complexity index is 406. The molecule has 1 atom stereocenters. The van der Waals surface area contributed by atoms with Crippen molar-refractivity contribution < 1.29 is 14.7 Å². The van der Waals surface area contributed by atoms with Gasteiger partial charge in [0.2, 0.25) is 0 Å². The van der Waals surface area contributed by atoms with Crippen LogP contribution in [0.2, 0.25) is 0 Å². The number of carbonyl (C=O) groups is 2. The maximum atomic E-state index is 11.6. The van der Waals surface area contributed by atoms with Gasteiger partial charge >= 0.3 is 12.0 Å². The molecule has 0 fully saturated rings. The second kappa shape index (κ2) is 8.95. The van der Waals surface area contributed by atoms with E-state index in [1.807, 2.05) is 6.92 Å². The van der Waals surface area contributed by atoms with E-state index in [4.69, 9.17) is 5.11 Å². The van der Waals surface area contributed by atoms with Gasteiger partial charge in [-0.05, 0) is 19.8 Å². The Hall–Kier alpha value is -2.05. The van der Waals surface area contributed by atoms with Crippen molar-refractivity contribution in [3.8, 4) is 0 Å². The van der Waals surface area contributed by atoms with Crippen molar-refractivity contribution in [1.29, 1.82) is 0 Å². The van der Waals surface area contributed by atoms with Crippen LogP contribution in [0.3, 0.4) is 0 Å². The zero-order chi connectivity index (χ0) is 14.8. The molecule has 1 heterocycles. The van der Waals surface area contributed by atoms with Crippen molar-refractivity contribution in [2.45, 2.75) is 45.1 Å². The van der Waals surface area contributed by atoms with Crippen LogP contribution in [0, 0.1) is 0 Å². The SMILES string of the molecule is CC(NC(=O)NCCCCCCC(=O)O)c1cn[nH]c1. The molecule has 0 aliphatic heterocycles. The minimum atomic E-state index is -0.754. The number of carbonyl (C=O) groups excluding carboxylic acids is 1. The molecule has 7 nitrogen and oxygen atoms in total. The summed E-state index contributed by atoms with van der Waals surface area (Å²) < 4.78 is 0. The van der Waals surface area contributed by atoms with Crippen molar-refractivity contribution in [2.24, 2.45) is 0 Å². The summed E-state index contributed by atoms with van der Waals surface area (Å²) >= 11 is 0. The van der Waals surface area contributed by atoms with Crippen LogP contribution >= 0.6 is 0 Å². The highest BCUT2D eigenvalue weighted by Crippen LogP contribution is 2.08. The van der Waals surface area contributed by atoms with Crippen LogP contribution in [0.5, 0.6) is 0 Å². The van der Waals surface area contributed by atoms with E-state index in [2.05, 4.69) is 20.8 Å². The quantitative estimate of drug-likeness (QED) is 0.518. The summed E-state index contributed by atoms with van der Waals surface area (Å²) in [6.45, 7) is 2.48. The molecule has 4 N–H and O–H groups in total. The molecule has 0 spiro atoms. The molecule has 1 rings (SSSR count). The molecule has 1 unspecified atom stereocenters. The van der Waals surface area contributed by atoms with Crippen molar-refractivity contribution in [3.63, 3.8) is 0 Å². The highest BCUT2D eigenvalue weighted by atomic mass is 16.4. The number of amides is 2. The predicted molar refractivity (Wildman–Crippen MR) is 74.3 cm³/mol. The highest BCUT2D eigenvalue weighted by Gasteiger charge is 2.09. The van der Waals surface area contributed by atoms with Crippen LogP contribution in [0.1, 0.15) is 50.6 Å². The van der Waals surface area contributed by atoms with Crippen molar-refractivity contribution in [1.82, 2.24) is 20.8 Å². The number of rotatable bonds is 9. The van der Waals surface area contributed by atoms with E-state index in [0.29, 0.717) is 13.0 Å². The van der Waals surface area contributed by atoms with E-state index < -0.39 is 5.97 Å². The Kier molecular flexibility index (Phi) is 7.16. The first kappa shape index (κ1) is 16.0. The number of H-pyrrole nitrogens is 1. The Labute approximate surface area is 118 Å². The van der Waals surface area contributed by atoms with Crippen molar-refractivity contribution in [3.05, 3.63) is 18.0 Å². The summed E-state index contributed by atoms with van der Waals surface area (Å²) in [6.07, 6.45) is 6.98. The zero-order valence-electron chi connectivity index (χ0n) is 11.7. The van der Waals surface area contributed by atoms with Gasteiger partial charge in [0.15, 0.2) is 0 Å². The zero-order valence-corrected chi connectivity index (χ0v) is 11.7. The lowest BCUT2D eigenvalue weighted by atomic mass is 10.1. The summed E-state index contributed by atoms with van der Waals surface area (Å²) in [7, 11) is 0. The van der Waals surface area contributed by atoms with E-state index in [1.54, 1.807) is 12.4 Å². The molecule has 1 aromatic heterocycles. The average molecular weight is 282 g/mol. The number of aromatic nitrogens is 2. The summed E-state index contributed by atoms with van der Waals surface area (Å²) in [5.41, 5.74) is 0.925. The van der Waals surface area contributed by atoms with Gasteiger partial charge in [-0.15, -0.1) is 0 Å². The molecule has 0 radical (unpaired) electrons. The first-order chi connectivity index (χ1) is 9.59. The largest absolute Gasteiger partial charge is 0.481 e. The maximum absolute atomic E-state index is 11.6. The number of nitrogens with one attached hydrogen (secondary N) is 3. The van der Waals surface area contributed by atoms with E-state index >= 15 is 0 Å². The van der Waals surface area contributed by atoms with Crippen LogP contribution < -0.4 is 10.6 Å². The van der Waals surface area contributed by atoms with Gasteiger partial charge in [-0.2, -0.15) is 5.10 Å². The molecule has 0 aromatic carbocycles. The van der Waals surface area contributed by atoms with Gasteiger partial charge in [0.25, 0.3) is 0 Å². The minimum Gasteiger partial charge on any atom is -0.481 e. The Balaban J connectivity index is 2.02. The summed E-state index contributed by atoms with van der Waals surface area (Å²) in [4.78, 5) is 21.9. The van der Waals surface area contributed by atoms with Crippen LogP contribution in [0.4, 0.5) is 4.79 Å².